The predicted octanol–water partition coefficient (Wildman–Crippen LogP) is 2.10. The van der Waals surface area contributed by atoms with Gasteiger partial charge < -0.3 is 0 Å². The summed E-state index contributed by atoms with van der Waals surface area (Å²) in [5, 5.41) is 4.34. The van der Waals surface area contributed by atoms with Crippen molar-refractivity contribution in [3.63, 3.8) is 0 Å². The number of hydrogen-bond donors (Lipinski definition) is 0. The molecule has 0 aliphatic rings. The van der Waals surface area contributed by atoms with Gasteiger partial charge in [0.05, 0.1) is 11.4 Å². The Hall–Kier alpha value is 0.320. The minimum Gasteiger partial charge on any atom is -0.280 e. The quantitative estimate of drug-likeness (QED) is 0.555. The fourth-order valence-electron chi connectivity index (χ4n) is 0.345. The summed E-state index contributed by atoms with van der Waals surface area (Å²) in [6.07, 6.45) is 0. The van der Waals surface area contributed by atoms with Crippen LogP contribution in [-0.4, -0.2) is 21.4 Å². The van der Waals surface area contributed by atoms with Crippen LogP contribution < -0.4 is 0 Å². The van der Waals surface area contributed by atoms with E-state index in [-0.39, 0.29) is 0 Å². The first-order chi connectivity index (χ1) is 5.00. The van der Waals surface area contributed by atoms with Crippen molar-refractivity contribution in [1.29, 1.82) is 5.26 Å². The molecule has 0 aromatic carbocycles. The standard InChI is InChI=1S/C5H3Cl4NO/c6-2(1-10)3(7)4(8)5(9)11/h2-4H. The van der Waals surface area contributed by atoms with E-state index in [0.29, 0.717) is 0 Å². The highest BCUT2D eigenvalue weighted by atomic mass is 35.5. The molecule has 0 aromatic heterocycles. The molecule has 6 heteroatoms. The Bertz CT molecular complexity index is 189. The third kappa shape index (κ3) is 3.48. The molecule has 0 aromatic rings. The van der Waals surface area contributed by atoms with Crippen molar-refractivity contribution < 1.29 is 4.79 Å². The van der Waals surface area contributed by atoms with E-state index in [1.54, 1.807) is 6.07 Å². The molecule has 62 valence electrons. The van der Waals surface area contributed by atoms with Crippen molar-refractivity contribution in [2.75, 3.05) is 0 Å². The van der Waals surface area contributed by atoms with Crippen molar-refractivity contribution in [2.24, 2.45) is 0 Å². The number of carbonyl (C=O) groups excluding carboxylic acids is 1. The van der Waals surface area contributed by atoms with Gasteiger partial charge in [-0.2, -0.15) is 5.26 Å². The normalized spacial score (nSPS) is 18.1. The SMILES string of the molecule is N#CC(Cl)C(Cl)C(Cl)C(=O)Cl. The maximum atomic E-state index is 10.4. The van der Waals surface area contributed by atoms with Gasteiger partial charge in [-0.25, -0.2) is 0 Å². The van der Waals surface area contributed by atoms with E-state index < -0.39 is 21.4 Å². The molecule has 0 amide bonds. The van der Waals surface area contributed by atoms with Gasteiger partial charge in [-0.1, -0.05) is 0 Å². The van der Waals surface area contributed by atoms with E-state index in [1.165, 1.54) is 0 Å². The van der Waals surface area contributed by atoms with Gasteiger partial charge in [0.2, 0.25) is 5.24 Å². The molecule has 0 heterocycles. The second-order valence-electron chi connectivity index (χ2n) is 1.68. The monoisotopic (exact) mass is 233 g/mol. The topological polar surface area (TPSA) is 40.9 Å². The van der Waals surface area contributed by atoms with Crippen molar-refractivity contribution in [1.82, 2.24) is 0 Å². The third-order valence-electron chi connectivity index (χ3n) is 0.899. The van der Waals surface area contributed by atoms with E-state index in [2.05, 4.69) is 0 Å². The summed E-state index contributed by atoms with van der Waals surface area (Å²) in [4.78, 5) is 10.4. The second-order valence-corrected chi connectivity index (χ2v) is 3.50. The summed E-state index contributed by atoms with van der Waals surface area (Å²) >= 11 is 21.2. The van der Waals surface area contributed by atoms with Gasteiger partial charge in [0.25, 0.3) is 0 Å². The average Bonchev–Trinajstić information content (AvgIpc) is 2.00. The first-order valence-electron chi connectivity index (χ1n) is 2.52. The van der Waals surface area contributed by atoms with Gasteiger partial charge in [0.15, 0.2) is 0 Å². The molecule has 3 unspecified atom stereocenters. The van der Waals surface area contributed by atoms with Gasteiger partial charge in [-0.3, -0.25) is 4.79 Å². The van der Waals surface area contributed by atoms with Crippen LogP contribution in [0.1, 0.15) is 0 Å². The predicted molar refractivity (Wildman–Crippen MR) is 45.4 cm³/mol. The lowest BCUT2D eigenvalue weighted by Gasteiger charge is -2.11. The van der Waals surface area contributed by atoms with Crippen LogP contribution in [0.4, 0.5) is 0 Å². The van der Waals surface area contributed by atoms with Crippen LogP contribution in [0, 0.1) is 11.3 Å². The van der Waals surface area contributed by atoms with E-state index in [0.717, 1.165) is 0 Å². The lowest BCUT2D eigenvalue weighted by Crippen LogP contribution is -2.28. The number of hydrogen-bond acceptors (Lipinski definition) is 2. The zero-order valence-electron chi connectivity index (χ0n) is 5.10. The molecule has 2 nitrogen and oxygen atoms in total. The van der Waals surface area contributed by atoms with Crippen molar-refractivity contribution >= 4 is 51.6 Å². The molecule has 0 spiro atoms. The summed E-state index contributed by atoms with van der Waals surface area (Å²) in [7, 11) is 0. The number of alkyl halides is 3. The molecule has 0 N–H and O–H groups in total. The van der Waals surface area contributed by atoms with E-state index in [9.17, 15) is 4.79 Å². The zero-order chi connectivity index (χ0) is 9.02. The van der Waals surface area contributed by atoms with Crippen LogP contribution in [0.25, 0.3) is 0 Å². The molecule has 0 saturated heterocycles. The van der Waals surface area contributed by atoms with Gasteiger partial charge in [-0.15, -0.1) is 34.8 Å². The Balaban J connectivity index is 4.15. The molecule has 11 heavy (non-hydrogen) atoms. The Labute approximate surface area is 84.0 Å². The van der Waals surface area contributed by atoms with Gasteiger partial charge in [-0.05, 0) is 11.6 Å². The highest BCUT2D eigenvalue weighted by Gasteiger charge is 2.29. The number of nitrogens with zero attached hydrogens (tertiary/aromatic N) is 1. The van der Waals surface area contributed by atoms with Crippen LogP contribution in [0.2, 0.25) is 0 Å². The molecule has 0 aliphatic carbocycles. The maximum Gasteiger partial charge on any atom is 0.241 e. The van der Waals surface area contributed by atoms with E-state index >= 15 is 0 Å². The van der Waals surface area contributed by atoms with Gasteiger partial charge in [0.1, 0.15) is 10.8 Å². The third-order valence-corrected chi connectivity index (χ3v) is 2.85. The number of halogens is 4. The first-order valence-corrected chi connectivity index (χ1v) is 4.20. The number of rotatable bonds is 3. The molecular formula is C5H3Cl4NO. The van der Waals surface area contributed by atoms with Gasteiger partial charge in [0, 0.05) is 0 Å². The van der Waals surface area contributed by atoms with Gasteiger partial charge >= 0.3 is 0 Å². The molecule has 0 rings (SSSR count). The summed E-state index contributed by atoms with van der Waals surface area (Å²) in [5.41, 5.74) is 0. The van der Waals surface area contributed by atoms with Crippen LogP contribution >= 0.6 is 46.4 Å². The Morgan fingerprint density at radius 2 is 1.82 bits per heavy atom. The molecule has 0 aliphatic heterocycles. The molecule has 3 atom stereocenters. The Kier molecular flexibility index (Phi) is 5.20. The number of nitriles is 1. The van der Waals surface area contributed by atoms with Crippen LogP contribution in [0.5, 0.6) is 0 Å². The Morgan fingerprint density at radius 3 is 2.09 bits per heavy atom. The first kappa shape index (κ1) is 11.3. The van der Waals surface area contributed by atoms with Crippen LogP contribution in [0.3, 0.4) is 0 Å². The van der Waals surface area contributed by atoms with E-state index in [4.69, 9.17) is 51.7 Å². The summed E-state index contributed by atoms with van der Waals surface area (Å²) in [6, 6.07) is 1.64. The molecule has 0 radical (unpaired) electrons. The minimum atomic E-state index is -1.12. The smallest absolute Gasteiger partial charge is 0.241 e. The Morgan fingerprint density at radius 1 is 1.36 bits per heavy atom. The van der Waals surface area contributed by atoms with Crippen LogP contribution in [-0.2, 0) is 4.79 Å². The summed E-state index contributed by atoms with van der Waals surface area (Å²) < 4.78 is 0. The minimum absolute atomic E-state index is 0.812. The maximum absolute atomic E-state index is 10.4. The van der Waals surface area contributed by atoms with Crippen LogP contribution in [0.15, 0.2) is 0 Å². The second kappa shape index (κ2) is 5.05. The van der Waals surface area contributed by atoms with Crippen molar-refractivity contribution in [2.45, 2.75) is 16.1 Å². The highest BCUT2D eigenvalue weighted by Crippen LogP contribution is 2.19. The van der Waals surface area contributed by atoms with E-state index in [1.807, 2.05) is 0 Å². The number of carbonyl (C=O) groups is 1. The fraction of sp³-hybridized carbons (Fsp3) is 0.600. The van der Waals surface area contributed by atoms with Crippen molar-refractivity contribution in [3.8, 4) is 6.07 Å². The molecule has 0 saturated carbocycles. The highest BCUT2D eigenvalue weighted by molar-refractivity contribution is 6.70. The molecule has 0 fully saturated rings. The lowest BCUT2D eigenvalue weighted by molar-refractivity contribution is -0.111. The summed E-state index contributed by atoms with van der Waals surface area (Å²) in [5.74, 6) is 0. The summed E-state index contributed by atoms with van der Waals surface area (Å²) in [6.45, 7) is 0. The molecular weight excluding hydrogens is 232 g/mol. The average molecular weight is 235 g/mol. The fourth-order valence-corrected chi connectivity index (χ4v) is 1.08. The van der Waals surface area contributed by atoms with Crippen molar-refractivity contribution in [3.05, 3.63) is 0 Å². The largest absolute Gasteiger partial charge is 0.280 e. The lowest BCUT2D eigenvalue weighted by atomic mass is 10.2. The zero-order valence-corrected chi connectivity index (χ0v) is 8.12. The molecule has 0 bridgehead atoms.